The van der Waals surface area contributed by atoms with Gasteiger partial charge in [-0.3, -0.25) is 0 Å². The average molecular weight is 268 g/mol. The molecule has 0 atom stereocenters. The largest absolute Gasteiger partial charge is 0.481 e. The van der Waals surface area contributed by atoms with E-state index in [9.17, 15) is 0 Å². The van der Waals surface area contributed by atoms with Gasteiger partial charge in [-0.05, 0) is 24.3 Å². The van der Waals surface area contributed by atoms with Crippen LogP contribution >= 0.6 is 11.6 Å². The summed E-state index contributed by atoms with van der Waals surface area (Å²) in [6.07, 6.45) is 0. The third-order valence-electron chi connectivity index (χ3n) is 2.38. The zero-order chi connectivity index (χ0) is 13.5. The summed E-state index contributed by atoms with van der Waals surface area (Å²) < 4.78 is 5.44. The van der Waals surface area contributed by atoms with Crippen molar-refractivity contribution in [1.82, 2.24) is 0 Å². The van der Waals surface area contributed by atoms with Gasteiger partial charge in [0.05, 0.1) is 10.6 Å². The van der Waals surface area contributed by atoms with Crippen molar-refractivity contribution < 1.29 is 4.74 Å². The van der Waals surface area contributed by atoms with Crippen LogP contribution in [-0.2, 0) is 0 Å². The molecular weight excluding hydrogens is 258 g/mol. The number of hydrogen-bond donors (Lipinski definition) is 0. The molecule has 0 spiro atoms. The molecular formula is C16H10ClNO. The van der Waals surface area contributed by atoms with Gasteiger partial charge in [-0.2, -0.15) is 5.26 Å². The molecule has 0 radical (unpaired) electrons. The highest BCUT2D eigenvalue weighted by molar-refractivity contribution is 6.31. The van der Waals surface area contributed by atoms with E-state index in [-0.39, 0.29) is 6.61 Å². The molecule has 0 aromatic heterocycles. The highest BCUT2D eigenvalue weighted by atomic mass is 35.5. The van der Waals surface area contributed by atoms with Crippen molar-refractivity contribution in [2.75, 3.05) is 6.61 Å². The van der Waals surface area contributed by atoms with Gasteiger partial charge >= 0.3 is 0 Å². The minimum absolute atomic E-state index is 0.275. The van der Waals surface area contributed by atoms with Crippen molar-refractivity contribution in [3.8, 4) is 23.7 Å². The molecule has 0 aliphatic heterocycles. The van der Waals surface area contributed by atoms with Crippen LogP contribution in [0.15, 0.2) is 48.5 Å². The summed E-state index contributed by atoms with van der Waals surface area (Å²) in [5.74, 6) is 6.51. The van der Waals surface area contributed by atoms with Crippen LogP contribution in [-0.4, -0.2) is 6.61 Å². The molecule has 0 aliphatic carbocycles. The van der Waals surface area contributed by atoms with Crippen molar-refractivity contribution in [2.24, 2.45) is 0 Å². The molecule has 2 aromatic carbocycles. The lowest BCUT2D eigenvalue weighted by molar-refractivity contribution is 0.370. The monoisotopic (exact) mass is 267 g/mol. The van der Waals surface area contributed by atoms with Crippen molar-refractivity contribution in [2.45, 2.75) is 0 Å². The molecule has 0 amide bonds. The van der Waals surface area contributed by atoms with Gasteiger partial charge in [0.15, 0.2) is 0 Å². The van der Waals surface area contributed by atoms with Crippen molar-refractivity contribution >= 4 is 11.6 Å². The molecule has 0 aliphatic rings. The fourth-order valence-electron chi connectivity index (χ4n) is 1.46. The second-order valence-corrected chi connectivity index (χ2v) is 4.12. The summed E-state index contributed by atoms with van der Waals surface area (Å²) >= 11 is 5.90. The molecule has 0 heterocycles. The maximum atomic E-state index is 8.75. The number of benzene rings is 2. The first-order chi connectivity index (χ1) is 9.29. The molecule has 2 nitrogen and oxygen atoms in total. The lowest BCUT2D eigenvalue weighted by Crippen LogP contribution is -1.94. The SMILES string of the molecule is N#Cc1ccc(OCC#Cc2ccccc2)cc1Cl. The fraction of sp³-hybridized carbons (Fsp3) is 0.0625. The summed E-state index contributed by atoms with van der Waals surface area (Å²) in [5, 5.41) is 9.14. The number of nitrogens with zero attached hydrogens (tertiary/aromatic N) is 1. The van der Waals surface area contributed by atoms with Gasteiger partial charge < -0.3 is 4.74 Å². The topological polar surface area (TPSA) is 33.0 Å². The van der Waals surface area contributed by atoms with E-state index in [1.54, 1.807) is 18.2 Å². The molecule has 3 heteroatoms. The van der Waals surface area contributed by atoms with E-state index < -0.39 is 0 Å². The van der Waals surface area contributed by atoms with Gasteiger partial charge in [-0.1, -0.05) is 41.6 Å². The van der Waals surface area contributed by atoms with Gasteiger partial charge in [-0.25, -0.2) is 0 Å². The van der Waals surface area contributed by atoms with Gasteiger partial charge in [0, 0.05) is 11.6 Å². The number of halogens is 1. The van der Waals surface area contributed by atoms with E-state index >= 15 is 0 Å². The fourth-order valence-corrected chi connectivity index (χ4v) is 1.67. The van der Waals surface area contributed by atoms with Crippen LogP contribution in [0.25, 0.3) is 0 Å². The summed E-state index contributed by atoms with van der Waals surface area (Å²) in [6, 6.07) is 16.6. The average Bonchev–Trinajstić information content (AvgIpc) is 2.45. The van der Waals surface area contributed by atoms with E-state index in [1.807, 2.05) is 36.4 Å². The van der Waals surface area contributed by atoms with Crippen molar-refractivity contribution in [3.05, 3.63) is 64.7 Å². The van der Waals surface area contributed by atoms with Crippen LogP contribution in [0, 0.1) is 23.2 Å². The minimum atomic E-state index is 0.275. The number of ether oxygens (including phenoxy) is 1. The van der Waals surface area contributed by atoms with Crippen LogP contribution in [0.2, 0.25) is 5.02 Å². The first-order valence-electron chi connectivity index (χ1n) is 5.66. The van der Waals surface area contributed by atoms with Crippen LogP contribution in [0.4, 0.5) is 0 Å². The molecule has 0 N–H and O–H groups in total. The predicted molar refractivity (Wildman–Crippen MR) is 75.0 cm³/mol. The molecule has 19 heavy (non-hydrogen) atoms. The van der Waals surface area contributed by atoms with Crippen LogP contribution < -0.4 is 4.74 Å². The third-order valence-corrected chi connectivity index (χ3v) is 2.69. The summed E-state index contributed by atoms with van der Waals surface area (Å²) in [7, 11) is 0. The molecule has 0 saturated heterocycles. The van der Waals surface area contributed by atoms with E-state index in [2.05, 4.69) is 11.8 Å². The lowest BCUT2D eigenvalue weighted by atomic mass is 10.2. The predicted octanol–water partition coefficient (Wildman–Crippen LogP) is 3.64. The van der Waals surface area contributed by atoms with Crippen LogP contribution in [0.1, 0.15) is 11.1 Å². The zero-order valence-electron chi connectivity index (χ0n) is 10.1. The zero-order valence-corrected chi connectivity index (χ0v) is 10.8. The Bertz CT molecular complexity index is 663. The highest BCUT2D eigenvalue weighted by Gasteiger charge is 2.00. The Morgan fingerprint density at radius 1 is 1.11 bits per heavy atom. The normalized spacial score (nSPS) is 9.05. The van der Waals surface area contributed by atoms with Gasteiger partial charge in [0.25, 0.3) is 0 Å². The molecule has 0 saturated carbocycles. The van der Waals surface area contributed by atoms with Crippen molar-refractivity contribution in [1.29, 1.82) is 5.26 Å². The quantitative estimate of drug-likeness (QED) is 0.778. The van der Waals surface area contributed by atoms with E-state index in [1.165, 1.54) is 0 Å². The van der Waals surface area contributed by atoms with Crippen LogP contribution in [0.5, 0.6) is 5.75 Å². The van der Waals surface area contributed by atoms with Crippen molar-refractivity contribution in [3.63, 3.8) is 0 Å². The molecule has 0 fully saturated rings. The summed E-state index contributed by atoms with van der Waals surface area (Å²) in [6.45, 7) is 0.275. The molecule has 2 rings (SSSR count). The van der Waals surface area contributed by atoms with Gasteiger partial charge in [-0.15, -0.1) is 0 Å². The number of nitriles is 1. The second-order valence-electron chi connectivity index (χ2n) is 3.71. The molecule has 2 aromatic rings. The lowest BCUT2D eigenvalue weighted by Gasteiger charge is -2.02. The molecule has 92 valence electrons. The second kappa shape index (κ2) is 6.50. The van der Waals surface area contributed by atoms with Crippen LogP contribution in [0.3, 0.4) is 0 Å². The smallest absolute Gasteiger partial charge is 0.149 e. The van der Waals surface area contributed by atoms with Gasteiger partial charge in [0.1, 0.15) is 18.4 Å². The first kappa shape index (κ1) is 13.0. The van der Waals surface area contributed by atoms with E-state index in [0.29, 0.717) is 16.3 Å². The summed E-state index contributed by atoms with van der Waals surface area (Å²) in [4.78, 5) is 0. The first-order valence-corrected chi connectivity index (χ1v) is 6.04. The highest BCUT2D eigenvalue weighted by Crippen LogP contribution is 2.21. The Kier molecular flexibility index (Phi) is 4.45. The molecule has 0 bridgehead atoms. The Balaban J connectivity index is 1.95. The Morgan fingerprint density at radius 2 is 1.89 bits per heavy atom. The van der Waals surface area contributed by atoms with Gasteiger partial charge in [0.2, 0.25) is 0 Å². The summed E-state index contributed by atoms with van der Waals surface area (Å²) in [5.41, 5.74) is 1.38. The Morgan fingerprint density at radius 3 is 2.58 bits per heavy atom. The maximum Gasteiger partial charge on any atom is 0.149 e. The van der Waals surface area contributed by atoms with E-state index in [0.717, 1.165) is 5.56 Å². The number of hydrogen-bond acceptors (Lipinski definition) is 2. The minimum Gasteiger partial charge on any atom is -0.481 e. The Hall–Kier alpha value is -2.42. The Labute approximate surface area is 117 Å². The maximum absolute atomic E-state index is 8.75. The number of rotatable bonds is 2. The third kappa shape index (κ3) is 3.78. The standard InChI is InChI=1S/C16H10ClNO/c17-16-11-15(9-8-14(16)12-18)19-10-4-7-13-5-2-1-3-6-13/h1-3,5-6,8-9,11H,10H2. The molecule has 0 unspecified atom stereocenters. The van der Waals surface area contributed by atoms with E-state index in [4.69, 9.17) is 21.6 Å².